The van der Waals surface area contributed by atoms with Crippen molar-refractivity contribution in [1.29, 1.82) is 0 Å². The van der Waals surface area contributed by atoms with E-state index in [0.717, 1.165) is 29.1 Å². The number of benzene rings is 1. The second-order valence-corrected chi connectivity index (χ2v) is 10.4. The molecule has 5 rings (SSSR count). The number of nitrogens with zero attached hydrogens (tertiary/aromatic N) is 4. The number of thiazole rings is 1. The molecule has 2 aromatic heterocycles. The van der Waals surface area contributed by atoms with Gasteiger partial charge >= 0.3 is 11.9 Å². The van der Waals surface area contributed by atoms with Crippen molar-refractivity contribution in [3.05, 3.63) is 46.7 Å². The molecule has 11 nitrogen and oxygen atoms in total. The molecule has 1 amide bonds. The van der Waals surface area contributed by atoms with Gasteiger partial charge in [0.2, 0.25) is 0 Å². The molecule has 0 atom stereocenters. The number of amides is 1. The van der Waals surface area contributed by atoms with Crippen molar-refractivity contribution in [2.24, 2.45) is 5.92 Å². The van der Waals surface area contributed by atoms with Crippen molar-refractivity contribution >= 4 is 45.8 Å². The summed E-state index contributed by atoms with van der Waals surface area (Å²) >= 11 is 1.25. The van der Waals surface area contributed by atoms with Crippen LogP contribution in [0.3, 0.4) is 0 Å². The highest BCUT2D eigenvalue weighted by Crippen LogP contribution is 2.35. The van der Waals surface area contributed by atoms with Crippen LogP contribution >= 0.6 is 11.3 Å². The average molecular weight is 551 g/mol. The highest BCUT2D eigenvalue weighted by atomic mass is 32.1. The number of fused-ring (bicyclic) bond motifs is 1. The molecule has 4 heterocycles. The van der Waals surface area contributed by atoms with Crippen molar-refractivity contribution in [2.75, 3.05) is 41.8 Å². The number of rotatable bonds is 8. The summed E-state index contributed by atoms with van der Waals surface area (Å²) in [6.07, 6.45) is 5.30. The average Bonchev–Trinajstić information content (AvgIpc) is 3.58. The van der Waals surface area contributed by atoms with Crippen molar-refractivity contribution in [3.63, 3.8) is 0 Å². The van der Waals surface area contributed by atoms with Gasteiger partial charge in [0.25, 0.3) is 5.91 Å². The van der Waals surface area contributed by atoms with Gasteiger partial charge in [0, 0.05) is 37.8 Å². The van der Waals surface area contributed by atoms with Gasteiger partial charge in [-0.15, -0.1) is 0 Å². The van der Waals surface area contributed by atoms with E-state index in [1.54, 1.807) is 6.20 Å². The van der Waals surface area contributed by atoms with Crippen molar-refractivity contribution in [3.8, 4) is 11.3 Å². The van der Waals surface area contributed by atoms with Gasteiger partial charge in [0.05, 0.1) is 35.5 Å². The fourth-order valence-corrected chi connectivity index (χ4v) is 5.61. The smallest absolute Gasteiger partial charge is 0.309 e. The third-order valence-corrected chi connectivity index (χ3v) is 7.67. The molecule has 3 aromatic rings. The Morgan fingerprint density at radius 1 is 1.15 bits per heavy atom. The lowest BCUT2D eigenvalue weighted by atomic mass is 9.97. The Labute approximate surface area is 230 Å². The highest BCUT2D eigenvalue weighted by Gasteiger charge is 2.27. The summed E-state index contributed by atoms with van der Waals surface area (Å²) in [5, 5.41) is 6.52. The van der Waals surface area contributed by atoms with Gasteiger partial charge in [-0.2, -0.15) is 0 Å². The van der Waals surface area contributed by atoms with Crippen molar-refractivity contribution in [2.45, 2.75) is 39.7 Å². The van der Waals surface area contributed by atoms with Crippen LogP contribution in [0.4, 0.5) is 16.6 Å². The van der Waals surface area contributed by atoms with Crippen LogP contribution in [0.25, 0.3) is 11.3 Å². The first-order valence-electron chi connectivity index (χ1n) is 13.0. The van der Waals surface area contributed by atoms with Crippen LogP contribution in [-0.2, 0) is 32.1 Å². The molecule has 12 heteroatoms. The van der Waals surface area contributed by atoms with E-state index in [0.29, 0.717) is 49.2 Å². The molecule has 1 saturated heterocycles. The van der Waals surface area contributed by atoms with Gasteiger partial charge in [0.15, 0.2) is 5.13 Å². The van der Waals surface area contributed by atoms with Gasteiger partial charge < -0.3 is 19.7 Å². The molecule has 1 fully saturated rings. The second-order valence-electron chi connectivity index (χ2n) is 9.35. The number of carbonyl (C=O) groups excluding carboxylic acids is 3. The topological polar surface area (TPSA) is 136 Å². The maximum atomic E-state index is 13.0. The lowest BCUT2D eigenvalue weighted by molar-refractivity contribution is -0.148. The van der Waals surface area contributed by atoms with E-state index < -0.39 is 11.9 Å². The number of ether oxygens (including phenoxy) is 2. The number of nitrogens with one attached hydrogen (secondary N) is 2. The molecule has 0 saturated carbocycles. The Kier molecular flexibility index (Phi) is 8.01. The predicted molar refractivity (Wildman–Crippen MR) is 147 cm³/mol. The van der Waals surface area contributed by atoms with Crippen LogP contribution in [0, 0.1) is 5.92 Å². The first-order chi connectivity index (χ1) is 18.9. The van der Waals surface area contributed by atoms with Gasteiger partial charge in [-0.25, -0.2) is 15.0 Å². The van der Waals surface area contributed by atoms with Gasteiger partial charge in [-0.3, -0.25) is 19.7 Å². The molecule has 2 aliphatic heterocycles. The molecule has 0 radical (unpaired) electrons. The first-order valence-corrected chi connectivity index (χ1v) is 13.8. The summed E-state index contributed by atoms with van der Waals surface area (Å²) in [7, 11) is 0. The highest BCUT2D eigenvalue weighted by molar-refractivity contribution is 7.16. The minimum atomic E-state index is -0.437. The molecule has 2 N–H and O–H groups in total. The number of piperidine rings is 1. The van der Waals surface area contributed by atoms with E-state index >= 15 is 0 Å². The molecule has 0 spiro atoms. The van der Waals surface area contributed by atoms with Crippen LogP contribution in [0.2, 0.25) is 0 Å². The lowest BCUT2D eigenvalue weighted by Gasteiger charge is -2.31. The second kappa shape index (κ2) is 11.8. The zero-order chi connectivity index (χ0) is 27.4. The third-order valence-electron chi connectivity index (χ3n) is 6.72. The molecule has 0 unspecified atom stereocenters. The fraction of sp³-hybridized carbons (Fsp3) is 0.407. The molecule has 0 bridgehead atoms. The van der Waals surface area contributed by atoms with E-state index in [2.05, 4.69) is 31.7 Å². The number of esters is 2. The Morgan fingerprint density at radius 2 is 1.97 bits per heavy atom. The Morgan fingerprint density at radius 3 is 2.69 bits per heavy atom. The number of aromatic nitrogens is 3. The zero-order valence-electron chi connectivity index (χ0n) is 21.9. The quantitative estimate of drug-likeness (QED) is 0.400. The summed E-state index contributed by atoms with van der Waals surface area (Å²) in [5.41, 5.74) is 4.02. The van der Waals surface area contributed by atoms with Crippen LogP contribution in [0.1, 0.15) is 47.6 Å². The van der Waals surface area contributed by atoms with Gasteiger partial charge in [0.1, 0.15) is 18.1 Å². The van der Waals surface area contributed by atoms with E-state index in [9.17, 15) is 14.4 Å². The maximum Gasteiger partial charge on any atom is 0.309 e. The van der Waals surface area contributed by atoms with E-state index in [1.807, 2.05) is 24.0 Å². The number of hydrogen-bond acceptors (Lipinski definition) is 11. The molecular formula is C27H30N6O5S. The fourth-order valence-electron chi connectivity index (χ4n) is 4.72. The Bertz CT molecular complexity index is 1370. The van der Waals surface area contributed by atoms with Crippen LogP contribution in [0.15, 0.2) is 30.6 Å². The minimum absolute atomic E-state index is 0.0644. The summed E-state index contributed by atoms with van der Waals surface area (Å²) in [4.78, 5) is 52.6. The van der Waals surface area contributed by atoms with E-state index in [4.69, 9.17) is 9.47 Å². The number of anilines is 3. The number of hydrogen-bond donors (Lipinski definition) is 2. The molecule has 0 aliphatic carbocycles. The maximum absolute atomic E-state index is 13.0. The third kappa shape index (κ3) is 6.17. The van der Waals surface area contributed by atoms with E-state index in [-0.39, 0.29) is 24.2 Å². The summed E-state index contributed by atoms with van der Waals surface area (Å²) < 4.78 is 10.4. The lowest BCUT2D eigenvalue weighted by Crippen LogP contribution is -2.37. The summed E-state index contributed by atoms with van der Waals surface area (Å²) in [6.45, 7) is 5.83. The molecule has 204 valence electrons. The van der Waals surface area contributed by atoms with Crippen molar-refractivity contribution in [1.82, 2.24) is 15.0 Å². The van der Waals surface area contributed by atoms with Crippen LogP contribution in [-0.4, -0.2) is 59.0 Å². The summed E-state index contributed by atoms with van der Waals surface area (Å²) in [6, 6.07) is 6.06. The monoisotopic (exact) mass is 550 g/mol. The largest absolute Gasteiger partial charge is 0.466 e. The summed E-state index contributed by atoms with van der Waals surface area (Å²) in [5.74, 6) is -0.419. The Balaban J connectivity index is 1.26. The molecule has 1 aromatic carbocycles. The minimum Gasteiger partial charge on any atom is -0.466 e. The van der Waals surface area contributed by atoms with Gasteiger partial charge in [-0.05, 0) is 43.9 Å². The van der Waals surface area contributed by atoms with Gasteiger partial charge in [-0.1, -0.05) is 17.4 Å². The number of carbonyl (C=O) groups is 3. The zero-order valence-corrected chi connectivity index (χ0v) is 22.7. The van der Waals surface area contributed by atoms with Crippen LogP contribution < -0.4 is 15.5 Å². The van der Waals surface area contributed by atoms with E-state index in [1.165, 1.54) is 30.0 Å². The van der Waals surface area contributed by atoms with Crippen LogP contribution in [0.5, 0.6) is 0 Å². The molecular weight excluding hydrogens is 520 g/mol. The molecule has 2 aliphatic rings. The Hall–Kier alpha value is -4.06. The standard InChI is InChI=1S/C27H30N6O5S/c1-3-37-26(36)17-7-10-33(11-8-17)23-14-29-21(13-30-23)25(35)32-27-31-24(22(39-27)15-38-16(2)34)19-4-5-20-18(12-19)6-9-28-20/h4-5,12-14,17,28H,3,6-11,15H2,1-2H3,(H,31,32,35). The normalized spacial score (nSPS) is 14.9. The van der Waals surface area contributed by atoms with Crippen molar-refractivity contribution < 1.29 is 23.9 Å². The first kappa shape index (κ1) is 26.5. The molecule has 39 heavy (non-hydrogen) atoms. The predicted octanol–water partition coefficient (Wildman–Crippen LogP) is 3.66. The SMILES string of the molecule is CCOC(=O)C1CCN(c2cnc(C(=O)Nc3nc(-c4ccc5c(c4)CCN5)c(COC(C)=O)s3)cn2)CC1.